The first kappa shape index (κ1) is 30.4. The second-order valence-corrected chi connectivity index (χ2v) is 13.1. The van der Waals surface area contributed by atoms with Crippen LogP contribution in [-0.4, -0.2) is 52.7 Å². The molecule has 1 saturated carbocycles. The SMILES string of the molecule is CC1=CCCC2(C)C(CCC2(O)CN(C)CCc2ccccc2)c2ccc(cc2C(=O)c2ccccc2)CC(O)CC1. The average Bonchev–Trinajstić information content (AvgIpc) is 3.24. The molecule has 0 aliphatic heterocycles. The minimum absolute atomic E-state index is 0.0162. The molecule has 4 nitrogen and oxygen atoms in total. The lowest BCUT2D eigenvalue weighted by Gasteiger charge is -2.45. The van der Waals surface area contributed by atoms with Crippen LogP contribution in [0, 0.1) is 5.41 Å². The highest BCUT2D eigenvalue weighted by atomic mass is 16.3. The molecule has 3 aromatic carbocycles. The Bertz CT molecular complexity index is 1380. The fraction of sp³-hybridized carbons (Fsp3) is 0.447. The van der Waals surface area contributed by atoms with E-state index < -0.39 is 17.1 Å². The van der Waals surface area contributed by atoms with Crippen LogP contribution in [0.2, 0.25) is 0 Å². The minimum Gasteiger partial charge on any atom is -0.393 e. The number of likely N-dealkylation sites (N-methyl/N-ethyl adjacent to an activating group) is 1. The topological polar surface area (TPSA) is 60.8 Å². The number of allylic oxidation sites excluding steroid dienone is 2. The molecule has 3 aliphatic carbocycles. The highest BCUT2D eigenvalue weighted by Crippen LogP contribution is 2.58. The van der Waals surface area contributed by atoms with Gasteiger partial charge in [0.1, 0.15) is 0 Å². The summed E-state index contributed by atoms with van der Waals surface area (Å²) in [6.07, 6.45) is 8.10. The number of rotatable bonds is 7. The van der Waals surface area contributed by atoms with Crippen LogP contribution in [0.15, 0.2) is 90.5 Å². The molecule has 3 aromatic rings. The molecule has 0 saturated heterocycles. The lowest BCUT2D eigenvalue weighted by atomic mass is 9.64. The summed E-state index contributed by atoms with van der Waals surface area (Å²) < 4.78 is 0. The number of aliphatic hydroxyl groups is 2. The van der Waals surface area contributed by atoms with Crippen molar-refractivity contribution in [3.05, 3.63) is 118 Å². The maximum Gasteiger partial charge on any atom is 0.193 e. The third-order valence-electron chi connectivity index (χ3n) is 10.1. The van der Waals surface area contributed by atoms with E-state index in [0.717, 1.165) is 49.8 Å². The number of benzene rings is 3. The van der Waals surface area contributed by atoms with Gasteiger partial charge >= 0.3 is 0 Å². The summed E-state index contributed by atoms with van der Waals surface area (Å²) in [5.74, 6) is 0.0610. The number of fused-ring (bicyclic) bond motifs is 8. The largest absolute Gasteiger partial charge is 0.393 e. The van der Waals surface area contributed by atoms with Gasteiger partial charge in [0, 0.05) is 29.6 Å². The summed E-state index contributed by atoms with van der Waals surface area (Å²) in [4.78, 5) is 16.3. The van der Waals surface area contributed by atoms with Gasteiger partial charge in [-0.2, -0.15) is 0 Å². The monoisotopic (exact) mass is 565 g/mol. The van der Waals surface area contributed by atoms with Gasteiger partial charge in [0.25, 0.3) is 0 Å². The Hall–Kier alpha value is -3.05. The first-order valence-electron chi connectivity index (χ1n) is 15.7. The molecule has 4 atom stereocenters. The van der Waals surface area contributed by atoms with Crippen molar-refractivity contribution < 1.29 is 15.0 Å². The van der Waals surface area contributed by atoms with Crippen molar-refractivity contribution in [3.63, 3.8) is 0 Å². The molecule has 0 heterocycles. The molecule has 2 bridgehead atoms. The number of aliphatic hydroxyl groups excluding tert-OH is 1. The fourth-order valence-electron chi connectivity index (χ4n) is 7.43. The van der Waals surface area contributed by atoms with Crippen molar-refractivity contribution >= 4 is 5.78 Å². The van der Waals surface area contributed by atoms with E-state index in [1.165, 1.54) is 11.1 Å². The van der Waals surface area contributed by atoms with Gasteiger partial charge in [0.05, 0.1) is 11.7 Å². The Morgan fingerprint density at radius 1 is 0.976 bits per heavy atom. The molecule has 222 valence electrons. The third-order valence-corrected chi connectivity index (χ3v) is 10.1. The van der Waals surface area contributed by atoms with Crippen LogP contribution in [-0.2, 0) is 12.8 Å². The van der Waals surface area contributed by atoms with Crippen LogP contribution >= 0.6 is 0 Å². The van der Waals surface area contributed by atoms with E-state index in [1.54, 1.807) is 0 Å². The summed E-state index contributed by atoms with van der Waals surface area (Å²) >= 11 is 0. The Morgan fingerprint density at radius 3 is 2.43 bits per heavy atom. The van der Waals surface area contributed by atoms with Crippen molar-refractivity contribution in [2.45, 2.75) is 82.8 Å². The van der Waals surface area contributed by atoms with Crippen LogP contribution in [0.4, 0.5) is 0 Å². The molecule has 0 spiro atoms. The number of carbonyl (C=O) groups excluding carboxylic acids is 1. The van der Waals surface area contributed by atoms with E-state index in [1.807, 2.05) is 42.5 Å². The number of hydrogen-bond acceptors (Lipinski definition) is 4. The van der Waals surface area contributed by atoms with Gasteiger partial charge in [-0.3, -0.25) is 4.79 Å². The average molecular weight is 566 g/mol. The van der Waals surface area contributed by atoms with Crippen LogP contribution in [0.5, 0.6) is 0 Å². The third kappa shape index (κ3) is 6.62. The minimum atomic E-state index is -0.885. The van der Waals surface area contributed by atoms with E-state index in [9.17, 15) is 15.0 Å². The summed E-state index contributed by atoms with van der Waals surface area (Å²) in [7, 11) is 2.12. The summed E-state index contributed by atoms with van der Waals surface area (Å²) in [6, 6.07) is 26.3. The molecule has 4 heteroatoms. The van der Waals surface area contributed by atoms with E-state index >= 15 is 0 Å². The molecule has 6 rings (SSSR count). The maximum absolute atomic E-state index is 14.0. The molecule has 0 amide bonds. The molecular weight excluding hydrogens is 518 g/mol. The second-order valence-electron chi connectivity index (χ2n) is 13.1. The fourth-order valence-corrected chi connectivity index (χ4v) is 7.43. The smallest absolute Gasteiger partial charge is 0.193 e. The van der Waals surface area contributed by atoms with Gasteiger partial charge in [-0.05, 0) is 94.0 Å². The molecule has 2 N–H and O–H groups in total. The van der Waals surface area contributed by atoms with Crippen molar-refractivity contribution in [2.75, 3.05) is 20.1 Å². The Morgan fingerprint density at radius 2 is 1.69 bits per heavy atom. The van der Waals surface area contributed by atoms with Gasteiger partial charge < -0.3 is 15.1 Å². The van der Waals surface area contributed by atoms with Gasteiger partial charge in [-0.15, -0.1) is 0 Å². The molecule has 0 radical (unpaired) electrons. The molecule has 1 fully saturated rings. The maximum atomic E-state index is 14.0. The highest BCUT2D eigenvalue weighted by molar-refractivity contribution is 6.10. The quantitative estimate of drug-likeness (QED) is 0.236. The van der Waals surface area contributed by atoms with Crippen LogP contribution < -0.4 is 0 Å². The van der Waals surface area contributed by atoms with Gasteiger partial charge in [0.15, 0.2) is 5.78 Å². The first-order valence-corrected chi connectivity index (χ1v) is 15.7. The standard InChI is InChI=1S/C38H47NO3/c1-28-11-10-22-37(2)35(20-23-38(37,42)27-39(3)24-21-29-12-6-4-7-13-29)33-19-17-30(25-32(40)18-16-28)26-34(33)36(41)31-14-8-5-9-15-31/h4-9,11-15,17,19,26,32,35,40,42H,10,16,18,20-25,27H2,1-3H3. The summed E-state index contributed by atoms with van der Waals surface area (Å²) in [5.41, 5.74) is 4.71. The molecular formula is C38H47NO3. The van der Waals surface area contributed by atoms with Crippen molar-refractivity contribution in [3.8, 4) is 0 Å². The van der Waals surface area contributed by atoms with Crippen LogP contribution in [0.3, 0.4) is 0 Å². The second kappa shape index (κ2) is 13.1. The molecule has 3 aliphatic rings. The Labute approximate surface area is 252 Å². The number of ketones is 1. The highest BCUT2D eigenvalue weighted by Gasteiger charge is 2.57. The summed E-state index contributed by atoms with van der Waals surface area (Å²) in [5, 5.41) is 23.4. The predicted molar refractivity (Wildman–Crippen MR) is 171 cm³/mol. The number of nitrogens with zero attached hydrogens (tertiary/aromatic N) is 1. The normalized spacial score (nSPS) is 26.5. The van der Waals surface area contributed by atoms with Crippen molar-refractivity contribution in [1.82, 2.24) is 4.90 Å². The lowest BCUT2D eigenvalue weighted by Crippen LogP contribution is -2.52. The zero-order chi connectivity index (χ0) is 29.7. The zero-order valence-corrected chi connectivity index (χ0v) is 25.6. The van der Waals surface area contributed by atoms with Crippen LogP contribution in [0.25, 0.3) is 0 Å². The zero-order valence-electron chi connectivity index (χ0n) is 25.6. The van der Waals surface area contributed by atoms with Gasteiger partial charge in [-0.1, -0.05) is 91.4 Å². The molecule has 42 heavy (non-hydrogen) atoms. The lowest BCUT2D eigenvalue weighted by molar-refractivity contribution is -0.0798. The van der Waals surface area contributed by atoms with Crippen molar-refractivity contribution in [2.24, 2.45) is 5.41 Å². The predicted octanol–water partition coefficient (Wildman–Crippen LogP) is 7.13. The van der Waals surface area contributed by atoms with E-state index in [2.05, 4.69) is 68.3 Å². The first-order chi connectivity index (χ1) is 20.2. The van der Waals surface area contributed by atoms with E-state index in [-0.39, 0.29) is 11.7 Å². The van der Waals surface area contributed by atoms with E-state index in [0.29, 0.717) is 36.9 Å². The van der Waals surface area contributed by atoms with Gasteiger partial charge in [0.2, 0.25) is 0 Å². The number of hydrogen-bond donors (Lipinski definition) is 2. The number of carbonyl (C=O) groups is 1. The Kier molecular flexibility index (Phi) is 9.47. The van der Waals surface area contributed by atoms with Crippen LogP contribution in [0.1, 0.15) is 90.9 Å². The molecule has 0 aromatic heterocycles. The van der Waals surface area contributed by atoms with Crippen molar-refractivity contribution in [1.29, 1.82) is 0 Å². The van der Waals surface area contributed by atoms with Gasteiger partial charge in [-0.25, -0.2) is 0 Å². The summed E-state index contributed by atoms with van der Waals surface area (Å²) in [6.45, 7) is 5.89. The molecule has 4 unspecified atom stereocenters. The Balaban J connectivity index is 1.51. The van der Waals surface area contributed by atoms with E-state index in [4.69, 9.17) is 0 Å².